The summed E-state index contributed by atoms with van der Waals surface area (Å²) in [5.41, 5.74) is 3.45. The van der Waals surface area contributed by atoms with Gasteiger partial charge < -0.3 is 9.67 Å². The van der Waals surface area contributed by atoms with Gasteiger partial charge in [0, 0.05) is 36.3 Å². The van der Waals surface area contributed by atoms with Gasteiger partial charge >= 0.3 is 0 Å². The van der Waals surface area contributed by atoms with E-state index >= 15 is 0 Å². The van der Waals surface area contributed by atoms with Crippen molar-refractivity contribution in [1.82, 2.24) is 14.3 Å². The molecule has 0 fully saturated rings. The largest absolute Gasteiger partial charge is 0.388 e. The Balaban J connectivity index is 2.17. The molecule has 90 valence electrons. The molecule has 1 N–H and O–H groups in total. The Kier molecular flexibility index (Phi) is 2.33. The van der Waals surface area contributed by atoms with E-state index in [1.165, 1.54) is 5.69 Å². The first-order valence-electron chi connectivity index (χ1n) is 6.06. The van der Waals surface area contributed by atoms with E-state index in [0.29, 0.717) is 0 Å². The van der Waals surface area contributed by atoms with Crippen molar-refractivity contribution in [3.8, 4) is 5.82 Å². The van der Waals surface area contributed by atoms with Gasteiger partial charge in [0.05, 0.1) is 6.10 Å². The molecule has 0 saturated carbocycles. The predicted molar refractivity (Wildman–Crippen MR) is 65.2 cm³/mol. The third kappa shape index (κ3) is 1.60. The molecule has 0 saturated heterocycles. The zero-order valence-electron chi connectivity index (χ0n) is 10.2. The lowest BCUT2D eigenvalue weighted by atomic mass is 9.95. The molecule has 1 aliphatic rings. The van der Waals surface area contributed by atoms with Crippen molar-refractivity contribution in [3.63, 3.8) is 0 Å². The van der Waals surface area contributed by atoms with Crippen LogP contribution < -0.4 is 0 Å². The molecule has 0 radical (unpaired) electrons. The maximum Gasteiger partial charge on any atom is 0.159 e. The van der Waals surface area contributed by atoms with E-state index in [-0.39, 0.29) is 6.10 Å². The molecule has 4 nitrogen and oxygen atoms in total. The second-order valence-electron chi connectivity index (χ2n) is 4.78. The van der Waals surface area contributed by atoms with Crippen LogP contribution in [-0.2, 0) is 13.5 Å². The Morgan fingerprint density at radius 2 is 2.29 bits per heavy atom. The minimum atomic E-state index is -0.303. The van der Waals surface area contributed by atoms with Crippen molar-refractivity contribution >= 4 is 0 Å². The summed E-state index contributed by atoms with van der Waals surface area (Å²) < 4.78 is 3.97. The Morgan fingerprint density at radius 3 is 3.00 bits per heavy atom. The maximum absolute atomic E-state index is 10.0. The van der Waals surface area contributed by atoms with Crippen molar-refractivity contribution in [1.29, 1.82) is 0 Å². The Hall–Kier alpha value is -1.55. The molecule has 4 heteroatoms. The monoisotopic (exact) mass is 231 g/mol. The molecule has 0 spiro atoms. The van der Waals surface area contributed by atoms with Crippen LogP contribution in [0.5, 0.6) is 0 Å². The Morgan fingerprint density at radius 1 is 1.47 bits per heavy atom. The summed E-state index contributed by atoms with van der Waals surface area (Å²) in [6, 6.07) is 4.10. The van der Waals surface area contributed by atoms with Crippen molar-refractivity contribution in [2.24, 2.45) is 7.05 Å². The Bertz CT molecular complexity index is 553. The molecule has 2 aromatic heterocycles. The molecule has 1 aliphatic carbocycles. The third-order valence-corrected chi connectivity index (χ3v) is 3.50. The van der Waals surface area contributed by atoms with Gasteiger partial charge in [-0.05, 0) is 32.3 Å². The van der Waals surface area contributed by atoms with Crippen LogP contribution in [0, 0.1) is 6.92 Å². The van der Waals surface area contributed by atoms with E-state index in [1.54, 1.807) is 4.68 Å². The van der Waals surface area contributed by atoms with Gasteiger partial charge in [0.15, 0.2) is 5.82 Å². The second kappa shape index (κ2) is 3.74. The quantitative estimate of drug-likeness (QED) is 0.814. The minimum absolute atomic E-state index is 0.303. The lowest BCUT2D eigenvalue weighted by Gasteiger charge is -2.19. The highest BCUT2D eigenvalue weighted by molar-refractivity contribution is 5.39. The van der Waals surface area contributed by atoms with Crippen LogP contribution in [0.15, 0.2) is 18.3 Å². The van der Waals surface area contributed by atoms with Crippen LogP contribution in [0.2, 0.25) is 0 Å². The van der Waals surface area contributed by atoms with E-state index in [1.807, 2.05) is 19.3 Å². The average molecular weight is 231 g/mol. The van der Waals surface area contributed by atoms with E-state index in [0.717, 1.165) is 36.3 Å². The van der Waals surface area contributed by atoms with Crippen LogP contribution >= 0.6 is 0 Å². The number of aryl methyl sites for hydroxylation is 2. The topological polar surface area (TPSA) is 43.0 Å². The van der Waals surface area contributed by atoms with Crippen molar-refractivity contribution in [3.05, 3.63) is 35.3 Å². The van der Waals surface area contributed by atoms with Crippen LogP contribution in [0.1, 0.15) is 35.9 Å². The molecule has 17 heavy (non-hydrogen) atoms. The van der Waals surface area contributed by atoms with Crippen LogP contribution in [-0.4, -0.2) is 19.5 Å². The smallest absolute Gasteiger partial charge is 0.159 e. The Labute approximate surface area is 100 Å². The number of hydrogen-bond donors (Lipinski definition) is 1. The standard InChI is InChI=1S/C13H17N3O/c1-9-8-10-11(4-3-5-12(10)17)16(9)13-6-7-15(2)14-13/h6-8,12,17H,3-5H2,1-2H3. The molecular formula is C13H17N3O. The van der Waals surface area contributed by atoms with Gasteiger partial charge in [-0.15, -0.1) is 0 Å². The fourth-order valence-corrected chi connectivity index (χ4v) is 2.72. The van der Waals surface area contributed by atoms with Crippen molar-refractivity contribution in [2.45, 2.75) is 32.3 Å². The summed E-state index contributed by atoms with van der Waals surface area (Å²) in [6.07, 6.45) is 4.59. The molecule has 0 amide bonds. The van der Waals surface area contributed by atoms with Gasteiger partial charge in [-0.2, -0.15) is 5.10 Å². The molecule has 0 aromatic carbocycles. The first-order valence-corrected chi connectivity index (χ1v) is 6.06. The zero-order valence-corrected chi connectivity index (χ0v) is 10.2. The SMILES string of the molecule is Cc1cc2c(n1-c1ccn(C)n1)CCCC2O. The molecule has 2 heterocycles. The number of aliphatic hydroxyl groups is 1. The normalized spacial score (nSPS) is 19.4. The van der Waals surface area contributed by atoms with Gasteiger partial charge in [0.2, 0.25) is 0 Å². The first kappa shape index (κ1) is 10.6. The van der Waals surface area contributed by atoms with E-state index in [4.69, 9.17) is 0 Å². The molecule has 3 rings (SSSR count). The molecule has 2 aromatic rings. The number of rotatable bonds is 1. The highest BCUT2D eigenvalue weighted by atomic mass is 16.3. The number of aliphatic hydroxyl groups excluding tert-OH is 1. The van der Waals surface area contributed by atoms with Crippen LogP contribution in [0.3, 0.4) is 0 Å². The lowest BCUT2D eigenvalue weighted by molar-refractivity contribution is 0.156. The molecule has 0 aliphatic heterocycles. The van der Waals surface area contributed by atoms with Gasteiger partial charge in [0.1, 0.15) is 0 Å². The van der Waals surface area contributed by atoms with Crippen molar-refractivity contribution in [2.75, 3.05) is 0 Å². The number of hydrogen-bond acceptors (Lipinski definition) is 2. The summed E-state index contributed by atoms with van der Waals surface area (Å²) in [5, 5.41) is 14.5. The van der Waals surface area contributed by atoms with Crippen molar-refractivity contribution < 1.29 is 5.11 Å². The number of fused-ring (bicyclic) bond motifs is 1. The lowest BCUT2D eigenvalue weighted by Crippen LogP contribution is -2.12. The first-order chi connectivity index (χ1) is 8.16. The zero-order chi connectivity index (χ0) is 12.0. The van der Waals surface area contributed by atoms with E-state index < -0.39 is 0 Å². The highest BCUT2D eigenvalue weighted by Gasteiger charge is 2.24. The third-order valence-electron chi connectivity index (χ3n) is 3.50. The number of nitrogens with zero attached hydrogens (tertiary/aromatic N) is 3. The van der Waals surface area contributed by atoms with Gasteiger partial charge in [0.25, 0.3) is 0 Å². The molecule has 1 atom stereocenters. The maximum atomic E-state index is 10.0. The van der Waals surface area contributed by atoms with Gasteiger partial charge in [-0.3, -0.25) is 4.68 Å². The minimum Gasteiger partial charge on any atom is -0.388 e. The summed E-state index contributed by atoms with van der Waals surface area (Å²) in [6.45, 7) is 2.07. The predicted octanol–water partition coefficient (Wildman–Crippen LogP) is 1.89. The molecule has 1 unspecified atom stereocenters. The molecule has 0 bridgehead atoms. The molecular weight excluding hydrogens is 214 g/mol. The van der Waals surface area contributed by atoms with Gasteiger partial charge in [-0.1, -0.05) is 0 Å². The fraction of sp³-hybridized carbons (Fsp3) is 0.462. The fourth-order valence-electron chi connectivity index (χ4n) is 2.72. The summed E-state index contributed by atoms with van der Waals surface area (Å²) >= 11 is 0. The van der Waals surface area contributed by atoms with Gasteiger partial charge in [-0.25, -0.2) is 0 Å². The van der Waals surface area contributed by atoms with E-state index in [9.17, 15) is 5.11 Å². The summed E-state index contributed by atoms with van der Waals surface area (Å²) in [7, 11) is 1.92. The van der Waals surface area contributed by atoms with Crippen LogP contribution in [0.4, 0.5) is 0 Å². The second-order valence-corrected chi connectivity index (χ2v) is 4.78. The van der Waals surface area contributed by atoms with Crippen LogP contribution in [0.25, 0.3) is 5.82 Å². The number of aromatic nitrogens is 3. The summed E-state index contributed by atoms with van der Waals surface area (Å²) in [5.74, 6) is 0.945. The summed E-state index contributed by atoms with van der Waals surface area (Å²) in [4.78, 5) is 0. The van der Waals surface area contributed by atoms with E-state index in [2.05, 4.69) is 22.7 Å². The highest BCUT2D eigenvalue weighted by Crippen LogP contribution is 2.33. The average Bonchev–Trinajstić information content (AvgIpc) is 2.82.